The molecule has 1 atom stereocenters. The third-order valence-electron chi connectivity index (χ3n) is 5.14. The molecule has 1 saturated heterocycles. The van der Waals surface area contributed by atoms with Crippen molar-refractivity contribution in [3.63, 3.8) is 0 Å². The first-order chi connectivity index (χ1) is 12.6. The Morgan fingerprint density at radius 2 is 1.74 bits per heavy atom. The topological polar surface area (TPSA) is 74.8 Å². The van der Waals surface area contributed by atoms with Crippen molar-refractivity contribution in [1.29, 1.82) is 0 Å². The predicted octanol–water partition coefficient (Wildman–Crippen LogP) is 2.39. The summed E-state index contributed by atoms with van der Waals surface area (Å²) in [5.41, 5.74) is 3.99. The van der Waals surface area contributed by atoms with Crippen LogP contribution in [0.25, 0.3) is 0 Å². The van der Waals surface area contributed by atoms with E-state index in [1.54, 1.807) is 9.80 Å². The molecule has 1 fully saturated rings. The van der Waals surface area contributed by atoms with Crippen LogP contribution in [0.15, 0.2) is 12.1 Å². The van der Waals surface area contributed by atoms with Gasteiger partial charge in [-0.05, 0) is 45.2 Å². The van der Waals surface area contributed by atoms with Gasteiger partial charge in [-0.25, -0.2) is 8.42 Å². The smallest absolute Gasteiger partial charge is 0.224 e. The zero-order chi connectivity index (χ0) is 20.4. The highest BCUT2D eigenvalue weighted by atomic mass is 32.2. The first kappa shape index (κ1) is 21.4. The molecule has 1 unspecified atom stereocenters. The SMILES string of the molecule is CCN(C(=O)CCN(C(C)=O)c1c(C)cc(C)cc1C)C1CCS(=O)(=O)C1. The second-order valence-corrected chi connectivity index (χ2v) is 9.63. The minimum atomic E-state index is -3.05. The Hall–Kier alpha value is -1.89. The maximum absolute atomic E-state index is 12.7. The molecule has 1 heterocycles. The quantitative estimate of drug-likeness (QED) is 0.742. The number of carbonyl (C=O) groups is 2. The lowest BCUT2D eigenvalue weighted by Crippen LogP contribution is -2.43. The number of nitrogens with zero attached hydrogens (tertiary/aromatic N) is 2. The largest absolute Gasteiger partial charge is 0.339 e. The van der Waals surface area contributed by atoms with E-state index in [4.69, 9.17) is 0 Å². The summed E-state index contributed by atoms with van der Waals surface area (Å²) in [5.74, 6) is -0.0280. The summed E-state index contributed by atoms with van der Waals surface area (Å²) in [5, 5.41) is 0. The van der Waals surface area contributed by atoms with Crippen LogP contribution in [0.1, 0.15) is 43.4 Å². The van der Waals surface area contributed by atoms with Crippen LogP contribution in [0.3, 0.4) is 0 Å². The maximum atomic E-state index is 12.7. The van der Waals surface area contributed by atoms with Crippen molar-refractivity contribution in [2.45, 2.75) is 53.5 Å². The molecule has 2 amide bonds. The number of amides is 2. The van der Waals surface area contributed by atoms with Gasteiger partial charge in [0.2, 0.25) is 11.8 Å². The number of aryl methyl sites for hydroxylation is 3. The van der Waals surface area contributed by atoms with Crippen LogP contribution >= 0.6 is 0 Å². The number of carbonyl (C=O) groups excluding carboxylic acids is 2. The number of benzene rings is 1. The molecule has 27 heavy (non-hydrogen) atoms. The van der Waals surface area contributed by atoms with Crippen molar-refractivity contribution in [2.24, 2.45) is 0 Å². The van der Waals surface area contributed by atoms with Gasteiger partial charge in [-0.3, -0.25) is 9.59 Å². The fraction of sp³-hybridized carbons (Fsp3) is 0.600. The van der Waals surface area contributed by atoms with Gasteiger partial charge in [-0.15, -0.1) is 0 Å². The van der Waals surface area contributed by atoms with E-state index >= 15 is 0 Å². The van der Waals surface area contributed by atoms with E-state index in [2.05, 4.69) is 0 Å². The zero-order valence-electron chi connectivity index (χ0n) is 16.9. The van der Waals surface area contributed by atoms with Crippen LogP contribution in [0, 0.1) is 20.8 Å². The second kappa shape index (κ2) is 8.42. The van der Waals surface area contributed by atoms with E-state index in [1.165, 1.54) is 6.92 Å². The van der Waals surface area contributed by atoms with Gasteiger partial charge in [-0.2, -0.15) is 0 Å². The number of hydrogen-bond donors (Lipinski definition) is 0. The second-order valence-electron chi connectivity index (χ2n) is 7.40. The van der Waals surface area contributed by atoms with E-state index < -0.39 is 9.84 Å². The zero-order valence-corrected chi connectivity index (χ0v) is 17.7. The van der Waals surface area contributed by atoms with Crippen molar-refractivity contribution in [2.75, 3.05) is 29.5 Å². The van der Waals surface area contributed by atoms with Gasteiger partial charge in [0.1, 0.15) is 0 Å². The van der Waals surface area contributed by atoms with E-state index in [0.717, 1.165) is 22.4 Å². The Morgan fingerprint density at radius 3 is 2.19 bits per heavy atom. The highest BCUT2D eigenvalue weighted by Crippen LogP contribution is 2.27. The van der Waals surface area contributed by atoms with Gasteiger partial charge in [0, 0.05) is 38.2 Å². The fourth-order valence-electron chi connectivity index (χ4n) is 4.04. The summed E-state index contributed by atoms with van der Waals surface area (Å²) in [6, 6.07) is 3.81. The standard InChI is InChI=1S/C20H30N2O4S/c1-6-21(18-8-10-27(25,26)13-18)19(24)7-9-22(17(5)23)20-15(3)11-14(2)12-16(20)4/h11-12,18H,6-10,13H2,1-5H3. The highest BCUT2D eigenvalue weighted by Gasteiger charge is 2.34. The normalized spacial score (nSPS) is 18.3. The molecule has 0 aliphatic carbocycles. The van der Waals surface area contributed by atoms with E-state index in [0.29, 0.717) is 13.0 Å². The van der Waals surface area contributed by atoms with Crippen molar-refractivity contribution in [3.05, 3.63) is 28.8 Å². The molecule has 150 valence electrons. The molecular weight excluding hydrogens is 364 g/mol. The van der Waals surface area contributed by atoms with Crippen LogP contribution in [0.4, 0.5) is 5.69 Å². The van der Waals surface area contributed by atoms with Gasteiger partial charge in [0.05, 0.1) is 11.5 Å². The van der Waals surface area contributed by atoms with Gasteiger partial charge in [0.15, 0.2) is 9.84 Å². The van der Waals surface area contributed by atoms with Crippen LogP contribution in [0.5, 0.6) is 0 Å². The Balaban J connectivity index is 2.14. The van der Waals surface area contributed by atoms with Crippen molar-refractivity contribution in [3.8, 4) is 0 Å². The molecule has 0 N–H and O–H groups in total. The maximum Gasteiger partial charge on any atom is 0.224 e. The molecule has 1 aliphatic rings. The van der Waals surface area contributed by atoms with Gasteiger partial charge in [0.25, 0.3) is 0 Å². The van der Waals surface area contributed by atoms with Crippen LogP contribution in [-0.4, -0.2) is 55.8 Å². The Kier molecular flexibility index (Phi) is 6.68. The summed E-state index contributed by atoms with van der Waals surface area (Å²) in [6.07, 6.45) is 0.672. The summed E-state index contributed by atoms with van der Waals surface area (Å²) >= 11 is 0. The molecule has 2 rings (SSSR count). The van der Waals surface area contributed by atoms with Crippen molar-refractivity contribution < 1.29 is 18.0 Å². The molecule has 0 saturated carbocycles. The molecule has 0 radical (unpaired) electrons. The van der Waals surface area contributed by atoms with Gasteiger partial charge < -0.3 is 9.80 Å². The third kappa shape index (κ3) is 5.09. The first-order valence-electron chi connectivity index (χ1n) is 9.41. The predicted molar refractivity (Wildman–Crippen MR) is 108 cm³/mol. The number of sulfone groups is 1. The van der Waals surface area contributed by atoms with Crippen molar-refractivity contribution in [1.82, 2.24) is 4.90 Å². The minimum Gasteiger partial charge on any atom is -0.339 e. The summed E-state index contributed by atoms with van der Waals surface area (Å²) < 4.78 is 23.5. The fourth-order valence-corrected chi connectivity index (χ4v) is 5.77. The molecule has 6 nitrogen and oxygen atoms in total. The van der Waals surface area contributed by atoms with E-state index in [1.807, 2.05) is 39.8 Å². The van der Waals surface area contributed by atoms with Crippen LogP contribution in [0.2, 0.25) is 0 Å². The summed E-state index contributed by atoms with van der Waals surface area (Å²) in [6.45, 7) is 10.1. The lowest BCUT2D eigenvalue weighted by atomic mass is 10.0. The Labute approximate surface area is 162 Å². The highest BCUT2D eigenvalue weighted by molar-refractivity contribution is 7.91. The molecular formula is C20H30N2O4S. The molecule has 0 spiro atoms. The monoisotopic (exact) mass is 394 g/mol. The summed E-state index contributed by atoms with van der Waals surface area (Å²) in [7, 11) is -3.05. The average molecular weight is 395 g/mol. The minimum absolute atomic E-state index is 0.0409. The molecule has 0 aromatic heterocycles. The lowest BCUT2D eigenvalue weighted by molar-refractivity contribution is -0.132. The number of anilines is 1. The first-order valence-corrected chi connectivity index (χ1v) is 11.2. The van der Waals surface area contributed by atoms with Crippen LogP contribution in [-0.2, 0) is 19.4 Å². The molecule has 1 aliphatic heterocycles. The number of hydrogen-bond acceptors (Lipinski definition) is 4. The van der Waals surface area contributed by atoms with E-state index in [9.17, 15) is 18.0 Å². The third-order valence-corrected chi connectivity index (χ3v) is 6.90. The van der Waals surface area contributed by atoms with Gasteiger partial charge in [-0.1, -0.05) is 17.7 Å². The Bertz CT molecular complexity index is 809. The van der Waals surface area contributed by atoms with Gasteiger partial charge >= 0.3 is 0 Å². The molecule has 1 aromatic rings. The van der Waals surface area contributed by atoms with Crippen molar-refractivity contribution >= 4 is 27.3 Å². The van der Waals surface area contributed by atoms with Crippen LogP contribution < -0.4 is 4.90 Å². The average Bonchev–Trinajstić information content (AvgIpc) is 2.89. The Morgan fingerprint density at radius 1 is 1.15 bits per heavy atom. The number of rotatable bonds is 6. The summed E-state index contributed by atoms with van der Waals surface area (Å²) in [4.78, 5) is 28.3. The van der Waals surface area contributed by atoms with E-state index in [-0.39, 0.29) is 42.3 Å². The molecule has 7 heteroatoms. The molecule has 0 bridgehead atoms. The molecule has 1 aromatic carbocycles. The lowest BCUT2D eigenvalue weighted by Gasteiger charge is -2.29.